The van der Waals surface area contributed by atoms with E-state index < -0.39 is 12.4 Å². The highest BCUT2D eigenvalue weighted by molar-refractivity contribution is 6.00. The minimum Gasteiger partial charge on any atom is -0.435 e. The molecule has 0 amide bonds. The van der Waals surface area contributed by atoms with Crippen molar-refractivity contribution in [2.24, 2.45) is 0 Å². The molecule has 1 aliphatic heterocycles. The van der Waals surface area contributed by atoms with E-state index in [2.05, 4.69) is 26.0 Å². The van der Waals surface area contributed by atoms with Crippen LogP contribution >= 0.6 is 24.8 Å². The first kappa shape index (κ1) is 23.7. The number of carbonyl (C=O) groups excluding carboxylic acids is 1. The first-order valence-electron chi connectivity index (χ1n) is 9.40. The Balaban J connectivity index is 0.00000160. The van der Waals surface area contributed by atoms with Crippen LogP contribution < -0.4 is 11.1 Å². The molecule has 0 saturated carbocycles. The topological polar surface area (TPSA) is 104 Å². The number of hydrogen-bond donors (Lipinski definition) is 2. The Morgan fingerprint density at radius 2 is 2.03 bits per heavy atom. The number of nitrogens with two attached hydrogens (primary N) is 1. The monoisotopic (exact) mass is 453 g/mol. The van der Waals surface area contributed by atoms with Crippen molar-refractivity contribution in [3.63, 3.8) is 0 Å². The Morgan fingerprint density at radius 1 is 1.27 bits per heavy atom. The zero-order chi connectivity index (χ0) is 19.5. The number of ether oxygens (including phenoxy) is 2. The van der Waals surface area contributed by atoms with Crippen LogP contribution in [0.2, 0.25) is 0 Å². The largest absolute Gasteiger partial charge is 0.509 e. The number of nitrogens with one attached hydrogen (secondary N) is 1. The maximum atomic E-state index is 11.7. The van der Waals surface area contributed by atoms with Crippen molar-refractivity contribution in [1.82, 2.24) is 19.9 Å². The lowest BCUT2D eigenvalue weighted by molar-refractivity contribution is -0.00299. The quantitative estimate of drug-likeness (QED) is 0.576. The highest BCUT2D eigenvalue weighted by Gasteiger charge is 2.28. The van der Waals surface area contributed by atoms with Crippen molar-refractivity contribution in [1.29, 1.82) is 0 Å². The lowest BCUT2D eigenvalue weighted by atomic mass is 10.1. The SMILES string of the molecule is CCOC(=O)OC1CC(n2cc(-c3ccccc3)c3c(N)ncnc32)CCN1.Cl.Cl. The summed E-state index contributed by atoms with van der Waals surface area (Å²) >= 11 is 0. The maximum absolute atomic E-state index is 11.7. The molecule has 0 bridgehead atoms. The molecule has 2 unspecified atom stereocenters. The van der Waals surface area contributed by atoms with E-state index >= 15 is 0 Å². The third-order valence-electron chi connectivity index (χ3n) is 4.95. The van der Waals surface area contributed by atoms with Gasteiger partial charge in [0.15, 0.2) is 6.23 Å². The number of aromatic nitrogens is 3. The fraction of sp³-hybridized carbons (Fsp3) is 0.350. The number of halogens is 2. The summed E-state index contributed by atoms with van der Waals surface area (Å²) in [5, 5.41) is 4.05. The molecule has 8 nitrogen and oxygen atoms in total. The first-order valence-corrected chi connectivity index (χ1v) is 9.40. The molecule has 0 spiro atoms. The number of hydrogen-bond acceptors (Lipinski definition) is 7. The zero-order valence-electron chi connectivity index (χ0n) is 16.5. The van der Waals surface area contributed by atoms with Gasteiger partial charge in [-0.3, -0.25) is 5.32 Å². The molecule has 10 heteroatoms. The first-order chi connectivity index (χ1) is 13.7. The van der Waals surface area contributed by atoms with Gasteiger partial charge >= 0.3 is 6.16 Å². The highest BCUT2D eigenvalue weighted by atomic mass is 35.5. The van der Waals surface area contributed by atoms with Gasteiger partial charge in [0.05, 0.1) is 12.0 Å². The minimum atomic E-state index is -0.658. The molecule has 1 aromatic carbocycles. The Hall–Kier alpha value is -2.55. The van der Waals surface area contributed by atoms with Crippen LogP contribution in [0.4, 0.5) is 10.6 Å². The molecule has 2 atom stereocenters. The van der Waals surface area contributed by atoms with Gasteiger partial charge in [-0.1, -0.05) is 30.3 Å². The molecule has 3 N–H and O–H groups in total. The van der Waals surface area contributed by atoms with Gasteiger partial charge in [-0.25, -0.2) is 14.8 Å². The fourth-order valence-electron chi connectivity index (χ4n) is 3.69. The van der Waals surface area contributed by atoms with Gasteiger partial charge in [-0.05, 0) is 18.9 Å². The molecular formula is C20H25Cl2N5O3. The van der Waals surface area contributed by atoms with Gasteiger partial charge in [0.1, 0.15) is 17.8 Å². The van der Waals surface area contributed by atoms with Crippen LogP contribution in [0, 0.1) is 0 Å². The summed E-state index contributed by atoms with van der Waals surface area (Å²) < 4.78 is 12.4. The van der Waals surface area contributed by atoms with Gasteiger partial charge in [0.2, 0.25) is 0 Å². The smallest absolute Gasteiger partial charge is 0.435 e. The van der Waals surface area contributed by atoms with E-state index in [1.165, 1.54) is 6.33 Å². The van der Waals surface area contributed by atoms with Gasteiger partial charge in [-0.15, -0.1) is 24.8 Å². The summed E-state index contributed by atoms with van der Waals surface area (Å²) in [5.74, 6) is 0.455. The predicted octanol–water partition coefficient (Wildman–Crippen LogP) is 3.95. The predicted molar refractivity (Wildman–Crippen MR) is 120 cm³/mol. The summed E-state index contributed by atoms with van der Waals surface area (Å²) in [6, 6.07) is 10.2. The van der Waals surface area contributed by atoms with E-state index in [4.69, 9.17) is 15.2 Å². The third-order valence-corrected chi connectivity index (χ3v) is 4.95. The van der Waals surface area contributed by atoms with Crippen molar-refractivity contribution in [3.8, 4) is 11.1 Å². The van der Waals surface area contributed by atoms with Crippen LogP contribution in [0.15, 0.2) is 42.9 Å². The van der Waals surface area contributed by atoms with E-state index in [0.29, 0.717) is 12.2 Å². The van der Waals surface area contributed by atoms with Crippen molar-refractivity contribution in [2.45, 2.75) is 32.0 Å². The average molecular weight is 454 g/mol. The van der Waals surface area contributed by atoms with Crippen LogP contribution in [0.1, 0.15) is 25.8 Å². The zero-order valence-corrected chi connectivity index (χ0v) is 18.1. The molecule has 1 fully saturated rings. The number of carbonyl (C=O) groups is 1. The van der Waals surface area contributed by atoms with Crippen LogP contribution in [0.5, 0.6) is 0 Å². The molecule has 30 heavy (non-hydrogen) atoms. The third kappa shape index (κ3) is 4.77. The maximum Gasteiger partial charge on any atom is 0.509 e. The second-order valence-electron chi connectivity index (χ2n) is 6.70. The summed E-state index contributed by atoms with van der Waals surface area (Å²) in [5.41, 5.74) is 9.04. The van der Waals surface area contributed by atoms with Gasteiger partial charge < -0.3 is 19.8 Å². The van der Waals surface area contributed by atoms with E-state index in [0.717, 1.165) is 35.1 Å². The lowest BCUT2D eigenvalue weighted by Gasteiger charge is -2.30. The number of benzene rings is 1. The number of piperidine rings is 1. The normalized spacial score (nSPS) is 18.2. The van der Waals surface area contributed by atoms with Crippen LogP contribution in [0.25, 0.3) is 22.2 Å². The standard InChI is InChI=1S/C20H23N5O3.2ClH/c1-2-27-20(26)28-16-10-14(8-9-22-16)25-11-15(13-6-4-3-5-7-13)17-18(21)23-12-24-19(17)25;;/h3-7,11-12,14,16,22H,2,8-10H2,1H3,(H2,21,23,24);2*1H. The average Bonchev–Trinajstić information content (AvgIpc) is 3.10. The molecule has 0 aliphatic carbocycles. The molecule has 162 valence electrons. The van der Waals surface area contributed by atoms with Crippen LogP contribution in [-0.4, -0.2) is 40.1 Å². The van der Waals surface area contributed by atoms with Crippen molar-refractivity contribution in [3.05, 3.63) is 42.9 Å². The number of fused-ring (bicyclic) bond motifs is 1. The second kappa shape index (κ2) is 10.5. The van der Waals surface area contributed by atoms with Crippen LogP contribution in [-0.2, 0) is 9.47 Å². The molecule has 3 aromatic rings. The fourth-order valence-corrected chi connectivity index (χ4v) is 3.69. The van der Waals surface area contributed by atoms with Crippen LogP contribution in [0.3, 0.4) is 0 Å². The molecular weight excluding hydrogens is 429 g/mol. The van der Waals surface area contributed by atoms with E-state index in [-0.39, 0.29) is 37.5 Å². The van der Waals surface area contributed by atoms with Gasteiger partial charge in [0, 0.05) is 30.8 Å². The van der Waals surface area contributed by atoms with Crippen molar-refractivity contribution >= 4 is 47.8 Å². The number of nitrogen functional groups attached to an aromatic ring is 1. The number of nitrogens with zero attached hydrogens (tertiary/aromatic N) is 3. The second-order valence-corrected chi connectivity index (χ2v) is 6.70. The molecule has 1 aliphatic rings. The van der Waals surface area contributed by atoms with E-state index in [1.54, 1.807) is 6.92 Å². The molecule has 2 aromatic heterocycles. The highest BCUT2D eigenvalue weighted by Crippen LogP contribution is 2.36. The van der Waals surface area contributed by atoms with Crippen molar-refractivity contribution < 1.29 is 14.3 Å². The molecule has 4 rings (SSSR count). The minimum absolute atomic E-state index is 0. The van der Waals surface area contributed by atoms with Gasteiger partial charge in [-0.2, -0.15) is 0 Å². The number of anilines is 1. The molecule has 3 heterocycles. The Bertz CT molecular complexity index is 983. The lowest BCUT2D eigenvalue weighted by Crippen LogP contribution is -2.41. The van der Waals surface area contributed by atoms with Crippen molar-refractivity contribution in [2.75, 3.05) is 18.9 Å². The summed E-state index contributed by atoms with van der Waals surface area (Å²) in [6.45, 7) is 2.75. The Morgan fingerprint density at radius 3 is 2.77 bits per heavy atom. The molecule has 1 saturated heterocycles. The number of rotatable bonds is 4. The van der Waals surface area contributed by atoms with E-state index in [9.17, 15) is 4.79 Å². The summed E-state index contributed by atoms with van der Waals surface area (Å²) in [7, 11) is 0. The summed E-state index contributed by atoms with van der Waals surface area (Å²) in [4.78, 5) is 20.4. The van der Waals surface area contributed by atoms with E-state index in [1.807, 2.05) is 30.3 Å². The van der Waals surface area contributed by atoms with Gasteiger partial charge in [0.25, 0.3) is 0 Å². The Labute approximate surface area is 187 Å². The summed E-state index contributed by atoms with van der Waals surface area (Å²) in [6.07, 6.45) is 3.98. The molecule has 0 radical (unpaired) electrons. The Kier molecular flexibility index (Phi) is 8.28.